The zero-order valence-corrected chi connectivity index (χ0v) is 9.89. The van der Waals surface area contributed by atoms with Gasteiger partial charge in [-0.2, -0.15) is 0 Å². The molecule has 0 radical (unpaired) electrons. The van der Waals surface area contributed by atoms with Crippen molar-refractivity contribution >= 4 is 0 Å². The van der Waals surface area contributed by atoms with Crippen LogP contribution in [0.15, 0.2) is 11.6 Å². The van der Waals surface area contributed by atoms with Crippen LogP contribution in [0.5, 0.6) is 0 Å². The van der Waals surface area contributed by atoms with E-state index in [1.807, 2.05) is 0 Å². The van der Waals surface area contributed by atoms with Crippen molar-refractivity contribution in [2.45, 2.75) is 65.1 Å². The molecule has 1 aliphatic carbocycles. The molecule has 0 N–H and O–H groups in total. The lowest BCUT2D eigenvalue weighted by atomic mass is 9.64. The molecule has 1 fully saturated rings. The highest BCUT2D eigenvalue weighted by molar-refractivity contribution is 5.25. The molecule has 1 saturated heterocycles. The SMILES string of the molecule is CC1=CCCC(C)(C)C12CC[C@H](C)O2. The Morgan fingerprint density at radius 3 is 2.57 bits per heavy atom. The maximum Gasteiger partial charge on any atom is 0.0944 e. The summed E-state index contributed by atoms with van der Waals surface area (Å²) in [5, 5.41) is 0. The van der Waals surface area contributed by atoms with E-state index in [0.717, 1.165) is 0 Å². The second-order valence-corrected chi connectivity index (χ2v) is 5.60. The minimum Gasteiger partial charge on any atom is -0.367 e. The largest absolute Gasteiger partial charge is 0.367 e. The average Bonchev–Trinajstić information content (AvgIpc) is 2.46. The van der Waals surface area contributed by atoms with Crippen LogP contribution in [-0.2, 0) is 4.74 Å². The van der Waals surface area contributed by atoms with Gasteiger partial charge in [-0.1, -0.05) is 19.9 Å². The van der Waals surface area contributed by atoms with E-state index in [2.05, 4.69) is 33.8 Å². The standard InChI is InChI=1S/C13H22O/c1-10-6-5-8-12(3,4)13(10)9-7-11(2)14-13/h6,11H,5,7-9H2,1-4H3/t11-,13?/m0/s1. The lowest BCUT2D eigenvalue weighted by Crippen LogP contribution is -2.47. The third-order valence-electron chi connectivity index (χ3n) is 4.26. The summed E-state index contributed by atoms with van der Waals surface area (Å²) >= 11 is 0. The van der Waals surface area contributed by atoms with Gasteiger partial charge >= 0.3 is 0 Å². The molecule has 1 unspecified atom stereocenters. The first kappa shape index (κ1) is 10.2. The van der Waals surface area contributed by atoms with Gasteiger partial charge in [0.15, 0.2) is 0 Å². The van der Waals surface area contributed by atoms with Crippen LogP contribution >= 0.6 is 0 Å². The third kappa shape index (κ3) is 1.25. The highest BCUT2D eigenvalue weighted by Gasteiger charge is 2.52. The molecule has 0 aromatic carbocycles. The Bertz CT molecular complexity index is 264. The van der Waals surface area contributed by atoms with E-state index in [-0.39, 0.29) is 5.60 Å². The molecule has 0 aromatic rings. The molecule has 2 rings (SSSR count). The van der Waals surface area contributed by atoms with Gasteiger partial charge in [-0.05, 0) is 50.5 Å². The van der Waals surface area contributed by atoms with Crippen molar-refractivity contribution < 1.29 is 4.74 Å². The van der Waals surface area contributed by atoms with Crippen molar-refractivity contribution in [3.05, 3.63) is 11.6 Å². The molecule has 0 aromatic heterocycles. The van der Waals surface area contributed by atoms with Gasteiger partial charge in [-0.15, -0.1) is 0 Å². The lowest BCUT2D eigenvalue weighted by Gasteiger charge is -2.47. The molecule has 2 atom stereocenters. The quantitative estimate of drug-likeness (QED) is 0.534. The van der Waals surface area contributed by atoms with E-state index in [1.54, 1.807) is 0 Å². The van der Waals surface area contributed by atoms with Crippen LogP contribution in [0.1, 0.15) is 53.4 Å². The van der Waals surface area contributed by atoms with Crippen molar-refractivity contribution in [3.8, 4) is 0 Å². The molecule has 0 amide bonds. The first-order valence-electron chi connectivity index (χ1n) is 5.83. The molecular weight excluding hydrogens is 172 g/mol. The maximum atomic E-state index is 6.25. The van der Waals surface area contributed by atoms with Crippen LogP contribution in [0.4, 0.5) is 0 Å². The van der Waals surface area contributed by atoms with Crippen molar-refractivity contribution in [2.75, 3.05) is 0 Å². The van der Waals surface area contributed by atoms with Crippen LogP contribution in [0.25, 0.3) is 0 Å². The van der Waals surface area contributed by atoms with Gasteiger partial charge < -0.3 is 4.74 Å². The molecule has 2 aliphatic rings. The summed E-state index contributed by atoms with van der Waals surface area (Å²) in [5.74, 6) is 0. The van der Waals surface area contributed by atoms with Crippen LogP contribution in [0, 0.1) is 5.41 Å². The van der Waals surface area contributed by atoms with Gasteiger partial charge in [0.05, 0.1) is 11.7 Å². The molecule has 0 bridgehead atoms. The van der Waals surface area contributed by atoms with E-state index >= 15 is 0 Å². The fourth-order valence-corrected chi connectivity index (χ4v) is 3.21. The minimum atomic E-state index is 0.0602. The Labute approximate surface area is 87.5 Å². The Hall–Kier alpha value is -0.300. The van der Waals surface area contributed by atoms with E-state index < -0.39 is 0 Å². The second-order valence-electron chi connectivity index (χ2n) is 5.60. The van der Waals surface area contributed by atoms with Gasteiger partial charge in [0.1, 0.15) is 0 Å². The first-order valence-corrected chi connectivity index (χ1v) is 5.83. The Balaban J connectivity index is 2.37. The summed E-state index contributed by atoms with van der Waals surface area (Å²) < 4.78 is 6.25. The van der Waals surface area contributed by atoms with Gasteiger partial charge in [-0.3, -0.25) is 0 Å². The zero-order valence-electron chi connectivity index (χ0n) is 9.89. The molecule has 14 heavy (non-hydrogen) atoms. The second kappa shape index (κ2) is 3.10. The zero-order chi connectivity index (χ0) is 10.4. The van der Waals surface area contributed by atoms with Crippen LogP contribution in [0.3, 0.4) is 0 Å². The topological polar surface area (TPSA) is 9.23 Å². The van der Waals surface area contributed by atoms with Gasteiger partial charge in [0, 0.05) is 0 Å². The fourth-order valence-electron chi connectivity index (χ4n) is 3.21. The van der Waals surface area contributed by atoms with Gasteiger partial charge in [0.25, 0.3) is 0 Å². The third-order valence-corrected chi connectivity index (χ3v) is 4.26. The van der Waals surface area contributed by atoms with Gasteiger partial charge in [0.2, 0.25) is 0 Å². The van der Waals surface area contributed by atoms with Crippen LogP contribution < -0.4 is 0 Å². The molecule has 0 saturated carbocycles. The highest BCUT2D eigenvalue weighted by atomic mass is 16.5. The summed E-state index contributed by atoms with van der Waals surface area (Å²) in [7, 11) is 0. The van der Waals surface area contributed by atoms with E-state index in [1.165, 1.54) is 31.3 Å². The Kier molecular flexibility index (Phi) is 2.26. The number of rotatable bonds is 0. The number of allylic oxidation sites excluding steroid dienone is 1. The van der Waals surface area contributed by atoms with Crippen molar-refractivity contribution in [1.29, 1.82) is 0 Å². The summed E-state index contributed by atoms with van der Waals surface area (Å²) in [6.07, 6.45) is 7.73. The summed E-state index contributed by atoms with van der Waals surface area (Å²) in [6.45, 7) is 9.18. The Morgan fingerprint density at radius 2 is 2.07 bits per heavy atom. The summed E-state index contributed by atoms with van der Waals surface area (Å²) in [5.41, 5.74) is 1.85. The predicted octanol–water partition coefficient (Wildman–Crippen LogP) is 3.69. The minimum absolute atomic E-state index is 0.0602. The number of ether oxygens (including phenoxy) is 1. The van der Waals surface area contributed by atoms with Gasteiger partial charge in [-0.25, -0.2) is 0 Å². The van der Waals surface area contributed by atoms with Crippen LogP contribution in [-0.4, -0.2) is 11.7 Å². The molecule has 80 valence electrons. The molecule has 1 heterocycles. The highest BCUT2D eigenvalue weighted by Crippen LogP contribution is 2.53. The fraction of sp³-hybridized carbons (Fsp3) is 0.846. The first-order chi connectivity index (χ1) is 6.48. The van der Waals surface area contributed by atoms with Crippen LogP contribution in [0.2, 0.25) is 0 Å². The molecule has 1 heteroatoms. The molecule has 1 nitrogen and oxygen atoms in total. The average molecular weight is 194 g/mol. The van der Waals surface area contributed by atoms with E-state index in [0.29, 0.717) is 11.5 Å². The molecule has 1 aliphatic heterocycles. The van der Waals surface area contributed by atoms with E-state index in [4.69, 9.17) is 4.74 Å². The van der Waals surface area contributed by atoms with Crippen molar-refractivity contribution in [1.82, 2.24) is 0 Å². The lowest BCUT2D eigenvalue weighted by molar-refractivity contribution is -0.0912. The van der Waals surface area contributed by atoms with Crippen molar-refractivity contribution in [3.63, 3.8) is 0 Å². The summed E-state index contributed by atoms with van der Waals surface area (Å²) in [4.78, 5) is 0. The molecule has 1 spiro atoms. The monoisotopic (exact) mass is 194 g/mol. The molecular formula is C13H22O. The smallest absolute Gasteiger partial charge is 0.0944 e. The maximum absolute atomic E-state index is 6.25. The van der Waals surface area contributed by atoms with E-state index in [9.17, 15) is 0 Å². The normalized spacial score (nSPS) is 41.4. The number of hydrogen-bond acceptors (Lipinski definition) is 1. The summed E-state index contributed by atoms with van der Waals surface area (Å²) in [6, 6.07) is 0. The predicted molar refractivity (Wildman–Crippen MR) is 59.3 cm³/mol. The van der Waals surface area contributed by atoms with Crippen molar-refractivity contribution in [2.24, 2.45) is 5.41 Å². The number of hydrogen-bond donors (Lipinski definition) is 0. The Morgan fingerprint density at radius 1 is 1.36 bits per heavy atom.